The van der Waals surface area contributed by atoms with Crippen LogP contribution in [-0.2, 0) is 0 Å². The summed E-state index contributed by atoms with van der Waals surface area (Å²) in [6.07, 6.45) is 5.42. The summed E-state index contributed by atoms with van der Waals surface area (Å²) in [6.45, 7) is 8.24. The van der Waals surface area contributed by atoms with Crippen molar-refractivity contribution in [3.8, 4) is 0 Å². The second kappa shape index (κ2) is 9.39. The van der Waals surface area contributed by atoms with Gasteiger partial charge in [0.2, 0.25) is 0 Å². The number of aromatic nitrogens is 1. The van der Waals surface area contributed by atoms with E-state index >= 15 is 0 Å². The van der Waals surface area contributed by atoms with Gasteiger partial charge in [-0.25, -0.2) is 4.98 Å². The lowest BCUT2D eigenvalue weighted by molar-refractivity contribution is 0.0515. The Morgan fingerprint density at radius 3 is 2.14 bits per heavy atom. The lowest BCUT2D eigenvalue weighted by Crippen LogP contribution is -2.50. The molecule has 2 amide bonds. The third-order valence-electron chi connectivity index (χ3n) is 4.91. The zero-order valence-electron chi connectivity index (χ0n) is 16.6. The van der Waals surface area contributed by atoms with E-state index < -0.39 is 0 Å². The van der Waals surface area contributed by atoms with Gasteiger partial charge in [0, 0.05) is 39.3 Å². The van der Waals surface area contributed by atoms with Gasteiger partial charge < -0.3 is 19.1 Å². The molecule has 7 nitrogen and oxygen atoms in total. The molecule has 0 aromatic carbocycles. The standard InChI is InChI=1S/C21H28N4O3/c1-3-9-23(10-4-2)17-7-8-18(22-16-17)20(26)24-11-13-25(14-12-24)21(27)19-6-5-15-28-19/h5-8,15-16H,3-4,9-14H2,1-2H3. The van der Waals surface area contributed by atoms with Crippen LogP contribution in [0.2, 0.25) is 0 Å². The minimum Gasteiger partial charge on any atom is -0.459 e. The summed E-state index contributed by atoms with van der Waals surface area (Å²) in [5.41, 5.74) is 1.50. The van der Waals surface area contributed by atoms with E-state index in [1.807, 2.05) is 6.07 Å². The highest BCUT2D eigenvalue weighted by Crippen LogP contribution is 2.16. The van der Waals surface area contributed by atoms with Crippen molar-refractivity contribution >= 4 is 17.5 Å². The molecular weight excluding hydrogens is 356 g/mol. The normalized spacial score (nSPS) is 14.2. The second-order valence-corrected chi connectivity index (χ2v) is 6.95. The van der Waals surface area contributed by atoms with Crippen LogP contribution in [-0.4, -0.2) is 65.9 Å². The molecule has 0 saturated carbocycles. The van der Waals surface area contributed by atoms with Gasteiger partial charge in [-0.05, 0) is 37.1 Å². The molecule has 0 spiro atoms. The van der Waals surface area contributed by atoms with Crippen LogP contribution in [0.15, 0.2) is 41.1 Å². The van der Waals surface area contributed by atoms with Crippen molar-refractivity contribution in [3.05, 3.63) is 48.2 Å². The lowest BCUT2D eigenvalue weighted by atomic mass is 10.2. The summed E-state index contributed by atoms with van der Waals surface area (Å²) in [5, 5.41) is 0. The molecule has 0 unspecified atom stereocenters. The van der Waals surface area contributed by atoms with E-state index in [0.29, 0.717) is 37.6 Å². The molecule has 0 atom stereocenters. The number of piperazine rings is 1. The van der Waals surface area contributed by atoms with Gasteiger partial charge in [0.15, 0.2) is 5.76 Å². The predicted octanol–water partition coefficient (Wildman–Crippen LogP) is 2.90. The number of hydrogen-bond donors (Lipinski definition) is 0. The number of nitrogens with zero attached hydrogens (tertiary/aromatic N) is 4. The molecule has 0 aliphatic carbocycles. The van der Waals surface area contributed by atoms with Crippen molar-refractivity contribution in [1.82, 2.24) is 14.8 Å². The third kappa shape index (κ3) is 4.52. The van der Waals surface area contributed by atoms with Crippen molar-refractivity contribution < 1.29 is 14.0 Å². The average molecular weight is 384 g/mol. The Labute approximate surface area is 165 Å². The van der Waals surface area contributed by atoms with Crippen LogP contribution in [0.3, 0.4) is 0 Å². The van der Waals surface area contributed by atoms with E-state index in [2.05, 4.69) is 23.7 Å². The van der Waals surface area contributed by atoms with Crippen molar-refractivity contribution in [1.29, 1.82) is 0 Å². The summed E-state index contributed by atoms with van der Waals surface area (Å²) in [7, 11) is 0. The zero-order valence-corrected chi connectivity index (χ0v) is 16.6. The quantitative estimate of drug-likeness (QED) is 0.734. The second-order valence-electron chi connectivity index (χ2n) is 6.95. The zero-order chi connectivity index (χ0) is 19.9. The van der Waals surface area contributed by atoms with Crippen LogP contribution in [0.1, 0.15) is 47.7 Å². The number of pyridine rings is 1. The number of hydrogen-bond acceptors (Lipinski definition) is 5. The Kier molecular flexibility index (Phi) is 6.68. The largest absolute Gasteiger partial charge is 0.459 e. The van der Waals surface area contributed by atoms with Crippen molar-refractivity contribution in [2.75, 3.05) is 44.2 Å². The maximum Gasteiger partial charge on any atom is 0.289 e. The van der Waals surface area contributed by atoms with Crippen LogP contribution in [0, 0.1) is 0 Å². The molecule has 3 heterocycles. The summed E-state index contributed by atoms with van der Waals surface area (Å²) >= 11 is 0. The SMILES string of the molecule is CCCN(CCC)c1ccc(C(=O)N2CCN(C(=O)c3ccco3)CC2)nc1. The number of carbonyl (C=O) groups is 2. The van der Waals surface area contributed by atoms with Gasteiger partial charge in [-0.15, -0.1) is 0 Å². The molecular formula is C21H28N4O3. The van der Waals surface area contributed by atoms with Crippen molar-refractivity contribution in [3.63, 3.8) is 0 Å². The Hall–Kier alpha value is -2.83. The molecule has 28 heavy (non-hydrogen) atoms. The van der Waals surface area contributed by atoms with Gasteiger partial charge in [0.05, 0.1) is 18.1 Å². The molecule has 0 bridgehead atoms. The molecule has 7 heteroatoms. The molecule has 0 radical (unpaired) electrons. The number of furan rings is 1. The first kappa shape index (κ1) is 19.9. The van der Waals surface area contributed by atoms with Crippen LogP contribution in [0.4, 0.5) is 5.69 Å². The number of carbonyl (C=O) groups excluding carboxylic acids is 2. The van der Waals surface area contributed by atoms with Gasteiger partial charge in [-0.3, -0.25) is 9.59 Å². The first-order valence-electron chi connectivity index (χ1n) is 9.97. The van der Waals surface area contributed by atoms with E-state index in [1.165, 1.54) is 6.26 Å². The van der Waals surface area contributed by atoms with Crippen molar-refractivity contribution in [2.45, 2.75) is 26.7 Å². The van der Waals surface area contributed by atoms with E-state index in [0.717, 1.165) is 31.6 Å². The van der Waals surface area contributed by atoms with Crippen LogP contribution < -0.4 is 4.90 Å². The van der Waals surface area contributed by atoms with Gasteiger partial charge in [0.25, 0.3) is 11.8 Å². The maximum absolute atomic E-state index is 12.8. The molecule has 150 valence electrons. The first-order chi connectivity index (χ1) is 13.6. The Morgan fingerprint density at radius 1 is 1.00 bits per heavy atom. The number of anilines is 1. The van der Waals surface area contributed by atoms with Crippen LogP contribution >= 0.6 is 0 Å². The Morgan fingerprint density at radius 2 is 1.64 bits per heavy atom. The summed E-state index contributed by atoms with van der Waals surface area (Å²) < 4.78 is 5.17. The molecule has 3 rings (SSSR count). The Balaban J connectivity index is 1.58. The fourth-order valence-electron chi connectivity index (χ4n) is 3.44. The van der Waals surface area contributed by atoms with E-state index in [1.54, 1.807) is 34.2 Å². The molecule has 2 aromatic heterocycles. The molecule has 1 saturated heterocycles. The number of amides is 2. The third-order valence-corrected chi connectivity index (χ3v) is 4.91. The van der Waals surface area contributed by atoms with Crippen LogP contribution in [0.25, 0.3) is 0 Å². The number of rotatable bonds is 7. The molecule has 1 aliphatic heterocycles. The highest BCUT2D eigenvalue weighted by molar-refractivity contribution is 5.93. The minimum absolute atomic E-state index is 0.0887. The maximum atomic E-state index is 12.8. The lowest BCUT2D eigenvalue weighted by Gasteiger charge is -2.34. The summed E-state index contributed by atoms with van der Waals surface area (Å²) in [4.78, 5) is 35.3. The monoisotopic (exact) mass is 384 g/mol. The van der Waals surface area contributed by atoms with Gasteiger partial charge in [0.1, 0.15) is 5.69 Å². The van der Waals surface area contributed by atoms with E-state index in [4.69, 9.17) is 4.42 Å². The fraction of sp³-hybridized carbons (Fsp3) is 0.476. The fourth-order valence-corrected chi connectivity index (χ4v) is 3.44. The molecule has 2 aromatic rings. The minimum atomic E-state index is -0.133. The average Bonchev–Trinajstić information content (AvgIpc) is 3.28. The van der Waals surface area contributed by atoms with Crippen molar-refractivity contribution in [2.24, 2.45) is 0 Å². The highest BCUT2D eigenvalue weighted by atomic mass is 16.3. The van der Waals surface area contributed by atoms with Crippen LogP contribution in [0.5, 0.6) is 0 Å². The topological polar surface area (TPSA) is 69.9 Å². The van der Waals surface area contributed by atoms with Gasteiger partial charge in [-0.1, -0.05) is 13.8 Å². The summed E-state index contributed by atoms with van der Waals surface area (Å²) in [6, 6.07) is 7.13. The smallest absolute Gasteiger partial charge is 0.289 e. The van der Waals surface area contributed by atoms with E-state index in [9.17, 15) is 9.59 Å². The van der Waals surface area contributed by atoms with Gasteiger partial charge >= 0.3 is 0 Å². The Bertz CT molecular complexity index is 759. The summed E-state index contributed by atoms with van der Waals surface area (Å²) in [5.74, 6) is 0.112. The highest BCUT2D eigenvalue weighted by Gasteiger charge is 2.27. The first-order valence-corrected chi connectivity index (χ1v) is 9.97. The predicted molar refractivity (Wildman–Crippen MR) is 108 cm³/mol. The molecule has 1 aliphatic rings. The van der Waals surface area contributed by atoms with Gasteiger partial charge in [-0.2, -0.15) is 0 Å². The van der Waals surface area contributed by atoms with E-state index in [-0.39, 0.29) is 11.8 Å². The molecule has 1 fully saturated rings. The molecule has 0 N–H and O–H groups in total.